The fourth-order valence-corrected chi connectivity index (χ4v) is 1.08. The van der Waals surface area contributed by atoms with E-state index in [9.17, 15) is 0 Å². The van der Waals surface area contributed by atoms with Gasteiger partial charge in [-0.25, -0.2) is 4.99 Å². The van der Waals surface area contributed by atoms with Crippen LogP contribution in [0.15, 0.2) is 22.6 Å². The largest absolute Gasteiger partial charge is 0.274 e. The molecule has 2 heteroatoms. The van der Waals surface area contributed by atoms with Gasteiger partial charge in [0.15, 0.2) is 0 Å². The van der Waals surface area contributed by atoms with Gasteiger partial charge in [0.05, 0.1) is 0 Å². The van der Waals surface area contributed by atoms with E-state index in [2.05, 4.69) is 23.5 Å². The zero-order valence-electron chi connectivity index (χ0n) is 8.79. The summed E-state index contributed by atoms with van der Waals surface area (Å²) < 4.78 is 0. The minimum atomic E-state index is 0.927. The van der Waals surface area contributed by atoms with E-state index >= 15 is 0 Å². The minimum absolute atomic E-state index is 0.927. The van der Waals surface area contributed by atoms with E-state index in [0.717, 1.165) is 12.3 Å². The number of unbranched alkanes of at least 4 members (excludes halogenated alkanes) is 3. The Hall–Kier alpha value is -0.920. The molecule has 0 spiro atoms. The summed E-state index contributed by atoms with van der Waals surface area (Å²) in [6, 6.07) is 0. The van der Waals surface area contributed by atoms with Crippen LogP contribution >= 0.6 is 0 Å². The molecule has 0 bridgehead atoms. The Labute approximate surface area is 81.5 Å². The Morgan fingerprint density at radius 2 is 2.08 bits per heavy atom. The van der Waals surface area contributed by atoms with Crippen molar-refractivity contribution in [3.63, 3.8) is 0 Å². The molecule has 2 nitrogen and oxygen atoms in total. The maximum atomic E-state index is 4.17. The van der Waals surface area contributed by atoms with Crippen molar-refractivity contribution >= 4 is 12.1 Å². The molecule has 0 saturated heterocycles. The topological polar surface area (TPSA) is 24.7 Å². The van der Waals surface area contributed by atoms with E-state index in [4.69, 9.17) is 0 Å². The second-order valence-electron chi connectivity index (χ2n) is 2.96. The van der Waals surface area contributed by atoms with Crippen molar-refractivity contribution in [3.05, 3.63) is 12.7 Å². The first-order valence-corrected chi connectivity index (χ1v) is 4.95. The maximum Gasteiger partial charge on any atom is 0.122 e. The fourth-order valence-electron chi connectivity index (χ4n) is 1.08. The molecular weight excluding hydrogens is 160 g/mol. The van der Waals surface area contributed by atoms with Crippen molar-refractivity contribution in [2.75, 3.05) is 7.05 Å². The van der Waals surface area contributed by atoms with Crippen molar-refractivity contribution in [1.29, 1.82) is 0 Å². The molecule has 0 radical (unpaired) electrons. The van der Waals surface area contributed by atoms with Crippen LogP contribution in [0.1, 0.15) is 39.0 Å². The van der Waals surface area contributed by atoms with Gasteiger partial charge < -0.3 is 0 Å². The highest BCUT2D eigenvalue weighted by Gasteiger charge is 1.93. The molecule has 0 rings (SSSR count). The average Bonchev–Trinajstić information content (AvgIpc) is 2.17. The molecule has 13 heavy (non-hydrogen) atoms. The number of rotatable bonds is 6. The van der Waals surface area contributed by atoms with Crippen molar-refractivity contribution in [2.24, 2.45) is 9.98 Å². The Balaban J connectivity index is 3.61. The average molecular weight is 180 g/mol. The van der Waals surface area contributed by atoms with Gasteiger partial charge in [-0.15, -0.1) is 0 Å². The van der Waals surface area contributed by atoms with Crippen LogP contribution in [-0.2, 0) is 0 Å². The molecule has 0 fully saturated rings. The fraction of sp³-hybridized carbons (Fsp3) is 0.636. The van der Waals surface area contributed by atoms with Gasteiger partial charge in [0, 0.05) is 19.7 Å². The number of nitrogens with zero attached hydrogens (tertiary/aromatic N) is 2. The van der Waals surface area contributed by atoms with E-state index in [0.29, 0.717) is 0 Å². The first kappa shape index (κ1) is 12.1. The molecule has 0 heterocycles. The standard InChI is InChI=1S/C11H20N2/c1-4-6-7-8-9-11(12-3)13-10-5-2/h5,10H,2,4,6-9H2,1,3H3/b12-11-,13-10-. The first-order chi connectivity index (χ1) is 6.35. The Kier molecular flexibility index (Phi) is 8.52. The molecule has 0 aliphatic heterocycles. The van der Waals surface area contributed by atoms with Gasteiger partial charge in [-0.2, -0.15) is 0 Å². The maximum absolute atomic E-state index is 4.17. The lowest BCUT2D eigenvalue weighted by molar-refractivity contribution is 0.681. The van der Waals surface area contributed by atoms with E-state index in [1.807, 2.05) is 0 Å². The molecule has 0 aromatic carbocycles. The number of allylic oxidation sites excluding steroid dienone is 1. The summed E-state index contributed by atoms with van der Waals surface area (Å²) in [5, 5.41) is 0. The number of hydrogen-bond donors (Lipinski definition) is 0. The summed E-state index contributed by atoms with van der Waals surface area (Å²) in [4.78, 5) is 8.26. The van der Waals surface area contributed by atoms with Crippen LogP contribution in [0.25, 0.3) is 0 Å². The highest BCUT2D eigenvalue weighted by atomic mass is 14.9. The number of amidine groups is 1. The first-order valence-electron chi connectivity index (χ1n) is 4.95. The van der Waals surface area contributed by atoms with Crippen molar-refractivity contribution < 1.29 is 0 Å². The number of aliphatic imine (C=N–C) groups is 2. The molecular formula is C11H20N2. The van der Waals surface area contributed by atoms with Crippen LogP contribution in [0.4, 0.5) is 0 Å². The second kappa shape index (κ2) is 9.17. The zero-order chi connectivity index (χ0) is 9.94. The van der Waals surface area contributed by atoms with Crippen molar-refractivity contribution in [1.82, 2.24) is 0 Å². The lowest BCUT2D eigenvalue weighted by atomic mass is 10.1. The van der Waals surface area contributed by atoms with Crippen LogP contribution in [0, 0.1) is 0 Å². The lowest BCUT2D eigenvalue weighted by Gasteiger charge is -1.98. The molecule has 0 amide bonds. The van der Waals surface area contributed by atoms with Crippen molar-refractivity contribution in [3.8, 4) is 0 Å². The highest BCUT2D eigenvalue weighted by molar-refractivity contribution is 5.91. The van der Waals surface area contributed by atoms with Crippen LogP contribution < -0.4 is 0 Å². The quantitative estimate of drug-likeness (QED) is 0.340. The zero-order valence-corrected chi connectivity index (χ0v) is 8.79. The Bertz CT molecular complexity index is 181. The molecule has 0 aromatic rings. The monoisotopic (exact) mass is 180 g/mol. The van der Waals surface area contributed by atoms with Crippen molar-refractivity contribution in [2.45, 2.75) is 39.0 Å². The summed E-state index contributed by atoms with van der Waals surface area (Å²) in [5.41, 5.74) is 0. The summed E-state index contributed by atoms with van der Waals surface area (Å²) in [6.07, 6.45) is 9.41. The van der Waals surface area contributed by atoms with Gasteiger partial charge in [0.2, 0.25) is 0 Å². The van der Waals surface area contributed by atoms with E-state index < -0.39 is 0 Å². The third kappa shape index (κ3) is 7.44. The molecule has 74 valence electrons. The molecule has 0 saturated carbocycles. The Morgan fingerprint density at radius 1 is 1.31 bits per heavy atom. The smallest absolute Gasteiger partial charge is 0.122 e. The molecule has 0 aromatic heterocycles. The van der Waals surface area contributed by atoms with Crippen LogP contribution in [0.2, 0.25) is 0 Å². The van der Waals surface area contributed by atoms with Crippen LogP contribution in [0.3, 0.4) is 0 Å². The molecule has 0 aliphatic rings. The molecule has 0 N–H and O–H groups in total. The SMILES string of the molecule is C=C/C=N\C(CCCCCC)=N/C. The second-order valence-corrected chi connectivity index (χ2v) is 2.96. The van der Waals surface area contributed by atoms with Gasteiger partial charge in [-0.3, -0.25) is 4.99 Å². The third-order valence-corrected chi connectivity index (χ3v) is 1.84. The predicted octanol–water partition coefficient (Wildman–Crippen LogP) is 3.24. The van der Waals surface area contributed by atoms with E-state index in [1.165, 1.54) is 25.7 Å². The minimum Gasteiger partial charge on any atom is -0.274 e. The Morgan fingerprint density at radius 3 is 2.62 bits per heavy atom. The third-order valence-electron chi connectivity index (χ3n) is 1.84. The summed E-state index contributed by atoms with van der Waals surface area (Å²) in [7, 11) is 1.79. The number of hydrogen-bond acceptors (Lipinski definition) is 1. The van der Waals surface area contributed by atoms with E-state index in [1.54, 1.807) is 19.3 Å². The van der Waals surface area contributed by atoms with Crippen LogP contribution in [0.5, 0.6) is 0 Å². The molecule has 0 unspecified atom stereocenters. The van der Waals surface area contributed by atoms with Gasteiger partial charge >= 0.3 is 0 Å². The lowest BCUT2D eigenvalue weighted by Crippen LogP contribution is -1.94. The van der Waals surface area contributed by atoms with Gasteiger partial charge in [-0.05, 0) is 6.42 Å². The molecule has 0 atom stereocenters. The van der Waals surface area contributed by atoms with Gasteiger partial charge in [-0.1, -0.05) is 38.8 Å². The summed E-state index contributed by atoms with van der Waals surface area (Å²) in [5.74, 6) is 0.927. The normalized spacial score (nSPS) is 12.3. The summed E-state index contributed by atoms with van der Waals surface area (Å²) >= 11 is 0. The highest BCUT2D eigenvalue weighted by Crippen LogP contribution is 2.03. The predicted molar refractivity (Wildman–Crippen MR) is 60.8 cm³/mol. The molecule has 0 aliphatic carbocycles. The summed E-state index contributed by atoms with van der Waals surface area (Å²) in [6.45, 7) is 5.79. The van der Waals surface area contributed by atoms with Gasteiger partial charge in [0.25, 0.3) is 0 Å². The van der Waals surface area contributed by atoms with Gasteiger partial charge in [0.1, 0.15) is 5.84 Å². The van der Waals surface area contributed by atoms with E-state index in [-0.39, 0.29) is 0 Å². The van der Waals surface area contributed by atoms with Crippen LogP contribution in [-0.4, -0.2) is 19.1 Å².